The summed E-state index contributed by atoms with van der Waals surface area (Å²) in [7, 11) is 0. The minimum atomic E-state index is 0.758. The van der Waals surface area contributed by atoms with Crippen LogP contribution in [0.1, 0.15) is 42.3 Å². The Morgan fingerprint density at radius 1 is 1.35 bits per heavy atom. The van der Waals surface area contributed by atoms with E-state index in [0.717, 1.165) is 25.4 Å². The van der Waals surface area contributed by atoms with Crippen LogP contribution in [0.2, 0.25) is 0 Å². The van der Waals surface area contributed by atoms with Crippen molar-refractivity contribution in [2.45, 2.75) is 52.1 Å². The molecule has 3 heteroatoms. The fourth-order valence-corrected chi connectivity index (χ4v) is 3.43. The van der Waals surface area contributed by atoms with E-state index in [2.05, 4.69) is 43.4 Å². The normalized spacial score (nSPS) is 14.7. The highest BCUT2D eigenvalue weighted by molar-refractivity contribution is 7.15. The SMILES string of the molecule is CCCc1nc(-c2cccc(C)c2)sc1CNC1CC1. The molecule has 0 atom stereocenters. The first-order valence-electron chi connectivity index (χ1n) is 7.55. The highest BCUT2D eigenvalue weighted by atomic mass is 32.1. The fraction of sp³-hybridized carbons (Fsp3) is 0.471. The highest BCUT2D eigenvalue weighted by Crippen LogP contribution is 2.30. The van der Waals surface area contributed by atoms with Crippen molar-refractivity contribution in [2.24, 2.45) is 0 Å². The van der Waals surface area contributed by atoms with Gasteiger partial charge in [0.25, 0.3) is 0 Å². The molecule has 1 aliphatic carbocycles. The molecule has 1 aromatic heterocycles. The van der Waals surface area contributed by atoms with Gasteiger partial charge in [-0.1, -0.05) is 37.1 Å². The van der Waals surface area contributed by atoms with Crippen molar-refractivity contribution in [2.75, 3.05) is 0 Å². The van der Waals surface area contributed by atoms with Crippen LogP contribution in [0.5, 0.6) is 0 Å². The first kappa shape index (κ1) is 13.8. The highest BCUT2D eigenvalue weighted by Gasteiger charge is 2.21. The molecule has 106 valence electrons. The Balaban J connectivity index is 1.84. The van der Waals surface area contributed by atoms with E-state index in [0.29, 0.717) is 0 Å². The van der Waals surface area contributed by atoms with Gasteiger partial charge in [0.15, 0.2) is 0 Å². The Morgan fingerprint density at radius 3 is 2.90 bits per heavy atom. The van der Waals surface area contributed by atoms with E-state index in [1.807, 2.05) is 11.3 Å². The Hall–Kier alpha value is -1.19. The summed E-state index contributed by atoms with van der Waals surface area (Å²) in [5.74, 6) is 0. The number of hydrogen-bond donors (Lipinski definition) is 1. The lowest BCUT2D eigenvalue weighted by atomic mass is 10.1. The first-order valence-corrected chi connectivity index (χ1v) is 8.37. The molecule has 1 fully saturated rings. The average Bonchev–Trinajstić information content (AvgIpc) is 3.18. The van der Waals surface area contributed by atoms with Crippen LogP contribution < -0.4 is 5.32 Å². The van der Waals surface area contributed by atoms with Crippen molar-refractivity contribution in [1.82, 2.24) is 10.3 Å². The van der Waals surface area contributed by atoms with Crippen LogP contribution in [0.15, 0.2) is 24.3 Å². The molecule has 20 heavy (non-hydrogen) atoms. The summed E-state index contributed by atoms with van der Waals surface area (Å²) in [5, 5.41) is 4.79. The minimum absolute atomic E-state index is 0.758. The molecule has 1 aromatic carbocycles. The zero-order valence-electron chi connectivity index (χ0n) is 12.3. The quantitative estimate of drug-likeness (QED) is 0.855. The maximum absolute atomic E-state index is 4.89. The van der Waals surface area contributed by atoms with Crippen LogP contribution in [-0.2, 0) is 13.0 Å². The summed E-state index contributed by atoms with van der Waals surface area (Å²) in [5.41, 5.74) is 3.85. The molecule has 0 unspecified atom stereocenters. The van der Waals surface area contributed by atoms with Crippen molar-refractivity contribution in [3.8, 4) is 10.6 Å². The second-order valence-corrected chi connectivity index (χ2v) is 6.75. The largest absolute Gasteiger partial charge is 0.309 e. The van der Waals surface area contributed by atoms with Gasteiger partial charge in [0.1, 0.15) is 5.01 Å². The predicted molar refractivity (Wildman–Crippen MR) is 86.1 cm³/mol. The third kappa shape index (κ3) is 3.28. The van der Waals surface area contributed by atoms with Crippen LogP contribution in [0.4, 0.5) is 0 Å². The maximum atomic E-state index is 4.89. The van der Waals surface area contributed by atoms with Crippen molar-refractivity contribution in [3.63, 3.8) is 0 Å². The number of benzene rings is 1. The van der Waals surface area contributed by atoms with Gasteiger partial charge in [-0.05, 0) is 32.3 Å². The van der Waals surface area contributed by atoms with E-state index < -0.39 is 0 Å². The van der Waals surface area contributed by atoms with E-state index in [1.165, 1.54) is 39.5 Å². The Morgan fingerprint density at radius 2 is 2.20 bits per heavy atom. The van der Waals surface area contributed by atoms with E-state index in [-0.39, 0.29) is 0 Å². The Labute approximate surface area is 125 Å². The molecule has 0 radical (unpaired) electrons. The Bertz CT molecular complexity index is 584. The molecule has 0 aliphatic heterocycles. The van der Waals surface area contributed by atoms with Crippen molar-refractivity contribution >= 4 is 11.3 Å². The van der Waals surface area contributed by atoms with Crippen molar-refractivity contribution in [1.29, 1.82) is 0 Å². The van der Waals surface area contributed by atoms with E-state index >= 15 is 0 Å². The van der Waals surface area contributed by atoms with Crippen molar-refractivity contribution in [3.05, 3.63) is 40.4 Å². The zero-order valence-corrected chi connectivity index (χ0v) is 13.1. The van der Waals surface area contributed by atoms with Gasteiger partial charge in [0, 0.05) is 23.0 Å². The molecule has 0 spiro atoms. The summed E-state index contributed by atoms with van der Waals surface area (Å²) >= 11 is 1.86. The number of thiazole rings is 1. The zero-order chi connectivity index (χ0) is 13.9. The molecule has 3 rings (SSSR count). The van der Waals surface area contributed by atoms with Crippen LogP contribution >= 0.6 is 11.3 Å². The fourth-order valence-electron chi connectivity index (χ4n) is 2.38. The van der Waals surface area contributed by atoms with Gasteiger partial charge in [-0.15, -0.1) is 11.3 Å². The standard InChI is InChI=1S/C17H22N2S/c1-3-5-15-16(11-18-14-8-9-14)20-17(19-15)13-7-4-6-12(2)10-13/h4,6-7,10,14,18H,3,5,8-9,11H2,1-2H3. The molecule has 2 nitrogen and oxygen atoms in total. The molecule has 0 saturated heterocycles. The van der Waals surface area contributed by atoms with E-state index in [9.17, 15) is 0 Å². The molecule has 1 heterocycles. The monoisotopic (exact) mass is 286 g/mol. The number of nitrogens with zero attached hydrogens (tertiary/aromatic N) is 1. The number of aryl methyl sites for hydroxylation is 2. The smallest absolute Gasteiger partial charge is 0.123 e. The van der Waals surface area contributed by atoms with Gasteiger partial charge < -0.3 is 5.32 Å². The molecule has 1 aliphatic rings. The van der Waals surface area contributed by atoms with E-state index in [1.54, 1.807) is 0 Å². The Kier molecular flexibility index (Phi) is 4.18. The average molecular weight is 286 g/mol. The van der Waals surface area contributed by atoms with E-state index in [4.69, 9.17) is 4.98 Å². The third-order valence-corrected chi connectivity index (χ3v) is 4.81. The van der Waals surface area contributed by atoms with Crippen LogP contribution in [0.3, 0.4) is 0 Å². The number of hydrogen-bond acceptors (Lipinski definition) is 3. The molecule has 1 saturated carbocycles. The molecule has 0 bridgehead atoms. The lowest BCUT2D eigenvalue weighted by molar-refractivity contribution is 0.686. The number of aromatic nitrogens is 1. The lowest BCUT2D eigenvalue weighted by Gasteiger charge is -2.01. The topological polar surface area (TPSA) is 24.9 Å². The molecule has 2 aromatic rings. The maximum Gasteiger partial charge on any atom is 0.123 e. The third-order valence-electron chi connectivity index (χ3n) is 3.66. The van der Waals surface area contributed by atoms with Crippen molar-refractivity contribution < 1.29 is 0 Å². The minimum Gasteiger partial charge on any atom is -0.309 e. The van der Waals surface area contributed by atoms with Crippen LogP contribution in [-0.4, -0.2) is 11.0 Å². The van der Waals surface area contributed by atoms with Gasteiger partial charge in [0.05, 0.1) is 5.69 Å². The van der Waals surface area contributed by atoms with Gasteiger partial charge in [0.2, 0.25) is 0 Å². The predicted octanol–water partition coefficient (Wildman–Crippen LogP) is 4.32. The van der Waals surface area contributed by atoms with Gasteiger partial charge in [-0.25, -0.2) is 4.98 Å². The molecular formula is C17H22N2S. The summed E-state index contributed by atoms with van der Waals surface area (Å²) in [6, 6.07) is 9.41. The second-order valence-electron chi connectivity index (χ2n) is 5.66. The summed E-state index contributed by atoms with van der Waals surface area (Å²) < 4.78 is 0. The lowest BCUT2D eigenvalue weighted by Crippen LogP contribution is -2.15. The molecule has 0 amide bonds. The summed E-state index contributed by atoms with van der Waals surface area (Å²) in [6.45, 7) is 5.35. The van der Waals surface area contributed by atoms with Gasteiger partial charge >= 0.3 is 0 Å². The van der Waals surface area contributed by atoms with Gasteiger partial charge in [-0.2, -0.15) is 0 Å². The van der Waals surface area contributed by atoms with Gasteiger partial charge in [-0.3, -0.25) is 0 Å². The van der Waals surface area contributed by atoms with Crippen LogP contribution in [0, 0.1) is 6.92 Å². The summed E-state index contributed by atoms with van der Waals surface area (Å²) in [6.07, 6.45) is 4.93. The first-order chi connectivity index (χ1) is 9.76. The number of rotatable bonds is 6. The molecule has 1 N–H and O–H groups in total. The second kappa shape index (κ2) is 6.06. The molecular weight excluding hydrogens is 264 g/mol. The number of nitrogens with one attached hydrogen (secondary N) is 1. The summed E-state index contributed by atoms with van der Waals surface area (Å²) in [4.78, 5) is 6.31. The van der Waals surface area contributed by atoms with Crippen LogP contribution in [0.25, 0.3) is 10.6 Å².